The third-order valence-electron chi connectivity index (χ3n) is 9.29. The van der Waals surface area contributed by atoms with Gasteiger partial charge in [0.2, 0.25) is 0 Å². The van der Waals surface area contributed by atoms with E-state index in [-0.39, 0.29) is 21.7 Å². The van der Waals surface area contributed by atoms with Gasteiger partial charge in [0, 0.05) is 4.57 Å². The lowest BCUT2D eigenvalue weighted by Crippen LogP contribution is -2.31. The van der Waals surface area contributed by atoms with Gasteiger partial charge in [-0.25, -0.2) is 0 Å². The van der Waals surface area contributed by atoms with Gasteiger partial charge in [-0.15, -0.1) is 9.05 Å². The summed E-state index contributed by atoms with van der Waals surface area (Å²) < 4.78 is 27.2. The first-order valence-electron chi connectivity index (χ1n) is 16.5. The van der Waals surface area contributed by atoms with E-state index in [1.54, 1.807) is 0 Å². The molecule has 0 bridgehead atoms. The topological polar surface area (TPSA) is 76.0 Å². The fourth-order valence-electron chi connectivity index (χ4n) is 6.07. The number of hydrogen-bond donors (Lipinski definition) is 2. The summed E-state index contributed by atoms with van der Waals surface area (Å²) in [6, 6.07) is 8.11. The van der Waals surface area contributed by atoms with E-state index in [1.165, 1.54) is 0 Å². The van der Waals surface area contributed by atoms with Crippen molar-refractivity contribution in [2.75, 3.05) is 0 Å². The first kappa shape index (κ1) is 38.2. The summed E-state index contributed by atoms with van der Waals surface area (Å²) in [7, 11) is -2.57. The summed E-state index contributed by atoms with van der Waals surface area (Å²) >= 11 is 0. The Bertz CT molecular complexity index is 1150. The van der Waals surface area contributed by atoms with Crippen LogP contribution in [0.2, 0.25) is 0 Å². The van der Waals surface area contributed by atoms with Crippen molar-refractivity contribution in [3.05, 3.63) is 57.6 Å². The summed E-state index contributed by atoms with van der Waals surface area (Å²) in [6.07, 6.45) is 2.33. The van der Waals surface area contributed by atoms with Crippen molar-refractivity contribution in [2.45, 2.75) is 169 Å². The molecule has 2 rings (SSSR count). The standard InChI is InChI=1S/C38H61O5P/c1-17-37(18-2,25-21-27(33(5,6)7)31(39)28(22-25)34(8,9)10)42-44(41)43-38(19-3,20-4)26-23-29(35(11,12)13)32(40)30(24-26)36(14,15)16/h21-24H,17-20H2,1-16H3,(H-,39,40)/p+1. The highest BCUT2D eigenvalue weighted by Gasteiger charge is 2.48. The molecule has 0 saturated heterocycles. The molecule has 0 aromatic heterocycles. The molecule has 0 spiro atoms. The van der Waals surface area contributed by atoms with Crippen LogP contribution in [0.4, 0.5) is 0 Å². The Morgan fingerprint density at radius 2 is 0.705 bits per heavy atom. The molecule has 2 aromatic rings. The molecule has 6 heteroatoms. The minimum atomic E-state index is -2.57. The highest BCUT2D eigenvalue weighted by Crippen LogP contribution is 2.52. The number of aromatic hydroxyl groups is 2. The van der Waals surface area contributed by atoms with Crippen LogP contribution in [-0.4, -0.2) is 10.2 Å². The molecular formula is C38H62O5P+. The molecule has 0 amide bonds. The average molecular weight is 630 g/mol. The second kappa shape index (κ2) is 13.0. The third kappa shape index (κ3) is 7.88. The van der Waals surface area contributed by atoms with Gasteiger partial charge in [-0.05, 0) is 105 Å². The predicted octanol–water partition coefficient (Wildman–Crippen LogP) is 11.7. The second-order valence-electron chi connectivity index (χ2n) is 16.6. The molecule has 0 unspecified atom stereocenters. The molecule has 0 radical (unpaired) electrons. The summed E-state index contributed by atoms with van der Waals surface area (Å²) in [5, 5.41) is 22.7. The smallest absolute Gasteiger partial charge is 0.507 e. The fraction of sp³-hybridized carbons (Fsp3) is 0.684. The van der Waals surface area contributed by atoms with Crippen LogP contribution in [0.3, 0.4) is 0 Å². The lowest BCUT2D eigenvalue weighted by Gasteiger charge is -2.34. The van der Waals surface area contributed by atoms with E-state index < -0.39 is 19.5 Å². The maximum absolute atomic E-state index is 14.1. The van der Waals surface area contributed by atoms with Crippen molar-refractivity contribution < 1.29 is 23.8 Å². The Morgan fingerprint density at radius 3 is 0.864 bits per heavy atom. The van der Waals surface area contributed by atoms with Crippen molar-refractivity contribution in [1.29, 1.82) is 0 Å². The number of rotatable bonds is 10. The van der Waals surface area contributed by atoms with E-state index in [0.717, 1.165) is 33.4 Å². The van der Waals surface area contributed by atoms with Crippen LogP contribution >= 0.6 is 8.25 Å². The lowest BCUT2D eigenvalue weighted by atomic mass is 9.75. The molecule has 0 aliphatic rings. The molecular weight excluding hydrogens is 567 g/mol. The van der Waals surface area contributed by atoms with Crippen molar-refractivity contribution in [2.24, 2.45) is 0 Å². The number of benzene rings is 2. The van der Waals surface area contributed by atoms with Crippen LogP contribution < -0.4 is 0 Å². The highest BCUT2D eigenvalue weighted by atomic mass is 31.1. The number of phenolic OH excluding ortho intramolecular Hbond substituents is 2. The van der Waals surface area contributed by atoms with E-state index >= 15 is 0 Å². The highest BCUT2D eigenvalue weighted by molar-refractivity contribution is 7.33. The van der Waals surface area contributed by atoms with Gasteiger partial charge in [0.15, 0.2) is 11.2 Å². The van der Waals surface area contributed by atoms with Crippen molar-refractivity contribution in [3.63, 3.8) is 0 Å². The predicted molar refractivity (Wildman–Crippen MR) is 185 cm³/mol. The molecule has 0 aliphatic heterocycles. The molecule has 0 heterocycles. The van der Waals surface area contributed by atoms with E-state index in [9.17, 15) is 14.8 Å². The zero-order valence-corrected chi connectivity index (χ0v) is 31.6. The van der Waals surface area contributed by atoms with Gasteiger partial charge in [-0.3, -0.25) is 0 Å². The van der Waals surface area contributed by atoms with Crippen LogP contribution in [0, 0.1) is 0 Å². The van der Waals surface area contributed by atoms with Crippen LogP contribution in [0.15, 0.2) is 24.3 Å². The van der Waals surface area contributed by atoms with Gasteiger partial charge in [0.25, 0.3) is 0 Å². The van der Waals surface area contributed by atoms with Crippen molar-refractivity contribution >= 4 is 8.25 Å². The van der Waals surface area contributed by atoms with Gasteiger partial charge in [-0.1, -0.05) is 111 Å². The quantitative estimate of drug-likeness (QED) is 0.256. The van der Waals surface area contributed by atoms with E-state index in [1.807, 2.05) is 52.0 Å². The summed E-state index contributed by atoms with van der Waals surface area (Å²) in [5.41, 5.74) is 2.19. The maximum Gasteiger partial charge on any atom is 0.699 e. The first-order valence-corrected chi connectivity index (χ1v) is 17.6. The van der Waals surface area contributed by atoms with E-state index in [0.29, 0.717) is 37.2 Å². The number of phenols is 2. The molecule has 0 saturated carbocycles. The van der Waals surface area contributed by atoms with Gasteiger partial charge < -0.3 is 10.2 Å². The van der Waals surface area contributed by atoms with Gasteiger partial charge in [0.05, 0.1) is 0 Å². The Labute approximate surface area is 270 Å². The second-order valence-corrected chi connectivity index (χ2v) is 17.5. The van der Waals surface area contributed by atoms with Crippen molar-refractivity contribution in [3.8, 4) is 11.5 Å². The normalized spacial score (nSPS) is 13.8. The largest absolute Gasteiger partial charge is 0.699 e. The van der Waals surface area contributed by atoms with Crippen LogP contribution in [0.1, 0.15) is 170 Å². The summed E-state index contributed by atoms with van der Waals surface area (Å²) in [4.78, 5) is 0. The van der Waals surface area contributed by atoms with E-state index in [2.05, 4.69) is 83.1 Å². The minimum absolute atomic E-state index is 0.306. The molecule has 2 N–H and O–H groups in total. The zero-order chi connectivity index (χ0) is 34.3. The molecule has 2 aromatic carbocycles. The fourth-order valence-corrected chi connectivity index (χ4v) is 7.40. The minimum Gasteiger partial charge on any atom is -0.507 e. The molecule has 0 atom stereocenters. The Balaban J connectivity index is 2.74. The molecule has 248 valence electrons. The van der Waals surface area contributed by atoms with Gasteiger partial charge in [-0.2, -0.15) is 0 Å². The Hall–Kier alpha value is -1.94. The summed E-state index contributed by atoms with van der Waals surface area (Å²) in [6.45, 7) is 33.3. The first-order chi connectivity index (χ1) is 19.8. The maximum atomic E-state index is 14.1. The molecule has 5 nitrogen and oxygen atoms in total. The van der Waals surface area contributed by atoms with Crippen LogP contribution in [-0.2, 0) is 46.5 Å². The summed E-state index contributed by atoms with van der Waals surface area (Å²) in [5.74, 6) is 0.617. The third-order valence-corrected chi connectivity index (χ3v) is 10.3. The SMILES string of the molecule is CCC(CC)(O[P+](=O)OC(CC)(CC)c1cc(C(C)(C)C)c(O)c(C(C)(C)C)c1)c1cc(C(C)(C)C)c(O)c(C(C)(C)C)c1. The Kier molecular flexibility index (Phi) is 11.3. The lowest BCUT2D eigenvalue weighted by molar-refractivity contribution is -0.00191. The van der Waals surface area contributed by atoms with Gasteiger partial charge in [0.1, 0.15) is 11.5 Å². The number of hydrogen-bond acceptors (Lipinski definition) is 5. The van der Waals surface area contributed by atoms with Crippen molar-refractivity contribution in [1.82, 2.24) is 0 Å². The Morgan fingerprint density at radius 1 is 0.500 bits per heavy atom. The molecule has 0 fully saturated rings. The molecule has 44 heavy (non-hydrogen) atoms. The van der Waals surface area contributed by atoms with E-state index in [4.69, 9.17) is 9.05 Å². The van der Waals surface area contributed by atoms with Gasteiger partial charge >= 0.3 is 8.25 Å². The van der Waals surface area contributed by atoms with Crippen LogP contribution in [0.5, 0.6) is 11.5 Å². The monoisotopic (exact) mass is 629 g/mol. The van der Waals surface area contributed by atoms with Crippen LogP contribution in [0.25, 0.3) is 0 Å². The average Bonchev–Trinajstić information content (AvgIpc) is 2.88. The molecule has 0 aliphatic carbocycles. The zero-order valence-electron chi connectivity index (χ0n) is 30.7.